The standard InChI is InChI=1S/C12H25N.ClH/c1-2-10-13-11-6-9-12-7-4-3-5-8-12;/h12-13H,2-11H2,1H3;1H. The molecule has 1 aliphatic rings. The minimum atomic E-state index is 0. The van der Waals surface area contributed by atoms with Gasteiger partial charge in [-0.1, -0.05) is 39.0 Å². The Kier molecular flexibility index (Phi) is 9.97. The maximum Gasteiger partial charge on any atom is -0.00488 e. The van der Waals surface area contributed by atoms with Gasteiger partial charge < -0.3 is 5.32 Å². The predicted octanol–water partition coefficient (Wildman–Crippen LogP) is 3.77. The molecule has 0 unspecified atom stereocenters. The van der Waals surface area contributed by atoms with Crippen molar-refractivity contribution in [1.29, 1.82) is 0 Å². The molecule has 1 nitrogen and oxygen atoms in total. The van der Waals surface area contributed by atoms with Gasteiger partial charge in [-0.05, 0) is 38.3 Å². The quantitative estimate of drug-likeness (QED) is 0.671. The average Bonchev–Trinajstić information content (AvgIpc) is 2.19. The molecule has 0 bridgehead atoms. The first-order valence-electron chi connectivity index (χ1n) is 6.14. The minimum Gasteiger partial charge on any atom is -0.317 e. The third-order valence-corrected chi connectivity index (χ3v) is 3.12. The van der Waals surface area contributed by atoms with E-state index in [2.05, 4.69) is 12.2 Å². The van der Waals surface area contributed by atoms with Crippen molar-refractivity contribution in [2.45, 2.75) is 58.3 Å². The highest BCUT2D eigenvalue weighted by Crippen LogP contribution is 2.26. The highest BCUT2D eigenvalue weighted by molar-refractivity contribution is 5.85. The Morgan fingerprint density at radius 3 is 2.43 bits per heavy atom. The van der Waals surface area contributed by atoms with E-state index in [9.17, 15) is 0 Å². The molecule has 86 valence electrons. The molecule has 2 heteroatoms. The zero-order valence-corrected chi connectivity index (χ0v) is 10.4. The molecule has 0 heterocycles. The van der Waals surface area contributed by atoms with Crippen LogP contribution in [0, 0.1) is 5.92 Å². The second kappa shape index (κ2) is 9.79. The van der Waals surface area contributed by atoms with Gasteiger partial charge in [0.15, 0.2) is 0 Å². The van der Waals surface area contributed by atoms with Gasteiger partial charge in [0.1, 0.15) is 0 Å². The van der Waals surface area contributed by atoms with E-state index in [1.807, 2.05) is 0 Å². The molecule has 1 rings (SSSR count). The fourth-order valence-corrected chi connectivity index (χ4v) is 2.29. The second-order valence-electron chi connectivity index (χ2n) is 4.40. The summed E-state index contributed by atoms with van der Waals surface area (Å²) in [4.78, 5) is 0. The molecule has 0 radical (unpaired) electrons. The molecule has 0 aliphatic heterocycles. The third-order valence-electron chi connectivity index (χ3n) is 3.12. The molecule has 0 aromatic carbocycles. The van der Waals surface area contributed by atoms with Crippen LogP contribution in [0.4, 0.5) is 0 Å². The molecular weight excluding hydrogens is 194 g/mol. The predicted molar refractivity (Wildman–Crippen MR) is 66.2 cm³/mol. The van der Waals surface area contributed by atoms with Crippen LogP contribution in [-0.2, 0) is 0 Å². The fraction of sp³-hybridized carbons (Fsp3) is 1.00. The average molecular weight is 220 g/mol. The van der Waals surface area contributed by atoms with Crippen LogP contribution < -0.4 is 5.32 Å². The Balaban J connectivity index is 0.00000169. The smallest absolute Gasteiger partial charge is 0.00488 e. The normalized spacial score (nSPS) is 17.8. The summed E-state index contributed by atoms with van der Waals surface area (Å²) in [5.74, 6) is 1.07. The van der Waals surface area contributed by atoms with Crippen LogP contribution in [0.15, 0.2) is 0 Å². The molecule has 1 fully saturated rings. The van der Waals surface area contributed by atoms with Gasteiger partial charge in [0.2, 0.25) is 0 Å². The van der Waals surface area contributed by atoms with E-state index in [0.29, 0.717) is 0 Å². The van der Waals surface area contributed by atoms with Crippen LogP contribution >= 0.6 is 12.4 Å². The van der Waals surface area contributed by atoms with Crippen LogP contribution in [0.3, 0.4) is 0 Å². The maximum absolute atomic E-state index is 3.47. The highest BCUT2D eigenvalue weighted by Gasteiger charge is 2.12. The van der Waals surface area contributed by atoms with Crippen molar-refractivity contribution in [3.05, 3.63) is 0 Å². The molecule has 0 atom stereocenters. The van der Waals surface area contributed by atoms with Crippen molar-refractivity contribution in [2.24, 2.45) is 5.92 Å². The summed E-state index contributed by atoms with van der Waals surface area (Å²) in [5.41, 5.74) is 0. The van der Waals surface area contributed by atoms with Crippen molar-refractivity contribution in [2.75, 3.05) is 13.1 Å². The van der Waals surface area contributed by atoms with Gasteiger partial charge in [0.05, 0.1) is 0 Å². The SMILES string of the molecule is CCCNCCCC1CCCCC1.Cl. The van der Waals surface area contributed by atoms with Crippen LogP contribution in [-0.4, -0.2) is 13.1 Å². The van der Waals surface area contributed by atoms with Crippen LogP contribution in [0.5, 0.6) is 0 Å². The van der Waals surface area contributed by atoms with E-state index in [0.717, 1.165) is 5.92 Å². The number of hydrogen-bond acceptors (Lipinski definition) is 1. The van der Waals surface area contributed by atoms with Crippen LogP contribution in [0.1, 0.15) is 58.3 Å². The number of rotatable bonds is 6. The van der Waals surface area contributed by atoms with E-state index in [-0.39, 0.29) is 12.4 Å². The minimum absolute atomic E-state index is 0. The molecular formula is C12H26ClN. The number of halogens is 1. The van der Waals surface area contributed by atoms with Gasteiger partial charge >= 0.3 is 0 Å². The monoisotopic (exact) mass is 219 g/mol. The summed E-state index contributed by atoms with van der Waals surface area (Å²) in [6.07, 6.45) is 11.6. The Bertz CT molecular complexity index is 111. The van der Waals surface area contributed by atoms with Crippen LogP contribution in [0.25, 0.3) is 0 Å². The van der Waals surface area contributed by atoms with E-state index in [1.54, 1.807) is 0 Å². The Labute approximate surface area is 95.5 Å². The zero-order valence-electron chi connectivity index (χ0n) is 9.56. The molecule has 0 amide bonds. The Hall–Kier alpha value is 0.250. The summed E-state index contributed by atoms with van der Waals surface area (Å²) in [7, 11) is 0. The zero-order chi connectivity index (χ0) is 9.36. The van der Waals surface area contributed by atoms with E-state index in [1.165, 1.54) is 64.5 Å². The summed E-state index contributed by atoms with van der Waals surface area (Å²) in [5, 5.41) is 3.47. The maximum atomic E-state index is 3.47. The van der Waals surface area contributed by atoms with Gasteiger partial charge in [-0.15, -0.1) is 12.4 Å². The molecule has 1 N–H and O–H groups in total. The van der Waals surface area contributed by atoms with Crippen LogP contribution in [0.2, 0.25) is 0 Å². The third kappa shape index (κ3) is 6.67. The second-order valence-corrected chi connectivity index (χ2v) is 4.40. The topological polar surface area (TPSA) is 12.0 Å². The van der Waals surface area contributed by atoms with Gasteiger partial charge in [-0.25, -0.2) is 0 Å². The number of nitrogens with one attached hydrogen (secondary N) is 1. The van der Waals surface area contributed by atoms with Gasteiger partial charge in [-0.2, -0.15) is 0 Å². The van der Waals surface area contributed by atoms with Gasteiger partial charge in [-0.3, -0.25) is 0 Å². The molecule has 0 spiro atoms. The summed E-state index contributed by atoms with van der Waals surface area (Å²) in [6, 6.07) is 0. The fourth-order valence-electron chi connectivity index (χ4n) is 2.29. The highest BCUT2D eigenvalue weighted by atomic mass is 35.5. The number of hydrogen-bond donors (Lipinski definition) is 1. The van der Waals surface area contributed by atoms with Crippen molar-refractivity contribution in [3.63, 3.8) is 0 Å². The van der Waals surface area contributed by atoms with E-state index >= 15 is 0 Å². The summed E-state index contributed by atoms with van der Waals surface area (Å²) >= 11 is 0. The molecule has 0 saturated heterocycles. The van der Waals surface area contributed by atoms with Crippen molar-refractivity contribution < 1.29 is 0 Å². The lowest BCUT2D eigenvalue weighted by Crippen LogP contribution is -2.17. The van der Waals surface area contributed by atoms with Gasteiger partial charge in [0, 0.05) is 0 Å². The first-order valence-corrected chi connectivity index (χ1v) is 6.14. The van der Waals surface area contributed by atoms with Crippen molar-refractivity contribution in [3.8, 4) is 0 Å². The lowest BCUT2D eigenvalue weighted by Gasteiger charge is -2.21. The summed E-state index contributed by atoms with van der Waals surface area (Å²) in [6.45, 7) is 4.67. The summed E-state index contributed by atoms with van der Waals surface area (Å²) < 4.78 is 0. The van der Waals surface area contributed by atoms with E-state index < -0.39 is 0 Å². The Morgan fingerprint density at radius 2 is 1.79 bits per heavy atom. The van der Waals surface area contributed by atoms with Crippen molar-refractivity contribution >= 4 is 12.4 Å². The lowest BCUT2D eigenvalue weighted by molar-refractivity contribution is 0.330. The largest absolute Gasteiger partial charge is 0.317 e. The molecule has 14 heavy (non-hydrogen) atoms. The van der Waals surface area contributed by atoms with Gasteiger partial charge in [0.25, 0.3) is 0 Å². The van der Waals surface area contributed by atoms with Crippen molar-refractivity contribution in [1.82, 2.24) is 5.32 Å². The molecule has 0 aromatic heterocycles. The van der Waals surface area contributed by atoms with E-state index in [4.69, 9.17) is 0 Å². The lowest BCUT2D eigenvalue weighted by atomic mass is 9.86. The molecule has 0 aromatic rings. The first-order chi connectivity index (χ1) is 6.43. The molecule has 1 aliphatic carbocycles. The molecule has 1 saturated carbocycles. The first kappa shape index (κ1) is 14.2. The Morgan fingerprint density at radius 1 is 1.07 bits per heavy atom.